The number of aliphatic hydroxyl groups is 1. The summed E-state index contributed by atoms with van der Waals surface area (Å²) in [6, 6.07) is 8.38. The fraction of sp³-hybridized carbons (Fsp3) is 0.176. The molecule has 0 fully saturated rings. The highest BCUT2D eigenvalue weighted by molar-refractivity contribution is 5.46. The summed E-state index contributed by atoms with van der Waals surface area (Å²) in [7, 11) is 0. The predicted molar refractivity (Wildman–Crippen MR) is 75.8 cm³/mol. The van der Waals surface area contributed by atoms with Crippen molar-refractivity contribution in [1.29, 1.82) is 0 Å². The van der Waals surface area contributed by atoms with Gasteiger partial charge in [-0.3, -0.25) is 0 Å². The average Bonchev–Trinajstić information content (AvgIpc) is 2.47. The van der Waals surface area contributed by atoms with Crippen LogP contribution in [0, 0.1) is 30.4 Å². The molecule has 0 unspecified atom stereocenters. The zero-order valence-corrected chi connectivity index (χ0v) is 11.5. The molecular formula is C17H14F2O2. The molecule has 2 rings (SSSR count). The van der Waals surface area contributed by atoms with Crippen LogP contribution in [0.1, 0.15) is 16.7 Å². The van der Waals surface area contributed by atoms with Gasteiger partial charge in [0, 0.05) is 6.07 Å². The molecule has 0 saturated carbocycles. The quantitative estimate of drug-likeness (QED) is 0.879. The van der Waals surface area contributed by atoms with Crippen LogP contribution in [0.5, 0.6) is 5.75 Å². The Morgan fingerprint density at radius 2 is 1.81 bits per heavy atom. The molecule has 108 valence electrons. The Hall–Kier alpha value is -2.38. The molecule has 2 aromatic carbocycles. The highest BCUT2D eigenvalue weighted by atomic mass is 19.1. The van der Waals surface area contributed by atoms with E-state index in [1.807, 2.05) is 6.92 Å². The van der Waals surface area contributed by atoms with Crippen LogP contribution in [-0.2, 0) is 6.61 Å². The van der Waals surface area contributed by atoms with Crippen LogP contribution in [-0.4, -0.2) is 11.7 Å². The van der Waals surface area contributed by atoms with E-state index in [1.54, 1.807) is 6.07 Å². The summed E-state index contributed by atoms with van der Waals surface area (Å²) in [6.45, 7) is 1.66. The molecule has 1 N–H and O–H groups in total. The summed E-state index contributed by atoms with van der Waals surface area (Å²) in [4.78, 5) is 0. The predicted octanol–water partition coefficient (Wildman–Crippen LogP) is 3.20. The molecular weight excluding hydrogens is 274 g/mol. The van der Waals surface area contributed by atoms with Crippen molar-refractivity contribution in [3.63, 3.8) is 0 Å². The molecule has 2 nitrogen and oxygen atoms in total. The van der Waals surface area contributed by atoms with Crippen molar-refractivity contribution in [2.45, 2.75) is 13.5 Å². The first-order valence-corrected chi connectivity index (χ1v) is 6.37. The van der Waals surface area contributed by atoms with Crippen molar-refractivity contribution in [3.05, 3.63) is 64.7 Å². The van der Waals surface area contributed by atoms with E-state index >= 15 is 0 Å². The maximum absolute atomic E-state index is 13.3. The molecule has 0 aliphatic carbocycles. The van der Waals surface area contributed by atoms with Gasteiger partial charge in [0.05, 0.1) is 5.56 Å². The summed E-state index contributed by atoms with van der Waals surface area (Å²) >= 11 is 0. The average molecular weight is 288 g/mol. The summed E-state index contributed by atoms with van der Waals surface area (Å²) in [5, 5.41) is 8.72. The highest BCUT2D eigenvalue weighted by Crippen LogP contribution is 2.21. The van der Waals surface area contributed by atoms with Gasteiger partial charge in [-0.2, -0.15) is 0 Å². The molecule has 0 aliphatic rings. The van der Waals surface area contributed by atoms with Crippen LogP contribution in [0.15, 0.2) is 36.4 Å². The second-order valence-corrected chi connectivity index (χ2v) is 4.46. The molecule has 4 heteroatoms. The van der Waals surface area contributed by atoms with E-state index in [0.717, 1.165) is 5.56 Å². The third-order valence-corrected chi connectivity index (χ3v) is 2.94. The highest BCUT2D eigenvalue weighted by Gasteiger charge is 2.06. The Kier molecular flexibility index (Phi) is 4.91. The lowest BCUT2D eigenvalue weighted by Crippen LogP contribution is -2.00. The van der Waals surface area contributed by atoms with Crippen molar-refractivity contribution >= 4 is 0 Å². The summed E-state index contributed by atoms with van der Waals surface area (Å²) in [5.41, 5.74) is 2.04. The van der Waals surface area contributed by atoms with Crippen LogP contribution in [0.4, 0.5) is 8.78 Å². The van der Waals surface area contributed by atoms with Gasteiger partial charge in [-0.05, 0) is 42.3 Å². The number of hydrogen-bond donors (Lipinski definition) is 1. The molecule has 0 spiro atoms. The Balaban J connectivity index is 2.23. The van der Waals surface area contributed by atoms with Crippen molar-refractivity contribution in [2.24, 2.45) is 0 Å². The van der Waals surface area contributed by atoms with Gasteiger partial charge < -0.3 is 9.84 Å². The Labute approximate surface area is 122 Å². The number of ether oxygens (including phenoxy) is 1. The minimum Gasteiger partial charge on any atom is -0.487 e. The normalized spacial score (nSPS) is 9.90. The van der Waals surface area contributed by atoms with Crippen molar-refractivity contribution in [2.75, 3.05) is 6.61 Å². The zero-order valence-electron chi connectivity index (χ0n) is 11.5. The van der Waals surface area contributed by atoms with Crippen molar-refractivity contribution < 1.29 is 18.6 Å². The number of halogens is 2. The first-order chi connectivity index (χ1) is 10.1. The largest absolute Gasteiger partial charge is 0.487 e. The third-order valence-electron chi connectivity index (χ3n) is 2.94. The van der Waals surface area contributed by atoms with Crippen LogP contribution >= 0.6 is 0 Å². The van der Waals surface area contributed by atoms with Gasteiger partial charge in [0.1, 0.15) is 30.6 Å². The van der Waals surface area contributed by atoms with Gasteiger partial charge in [-0.25, -0.2) is 8.78 Å². The summed E-state index contributed by atoms with van der Waals surface area (Å²) < 4.78 is 32.1. The lowest BCUT2D eigenvalue weighted by atomic mass is 10.1. The lowest BCUT2D eigenvalue weighted by molar-refractivity contribution is 0.302. The zero-order chi connectivity index (χ0) is 15.2. The summed E-state index contributed by atoms with van der Waals surface area (Å²) in [6.07, 6.45) is 0. The van der Waals surface area contributed by atoms with E-state index in [2.05, 4.69) is 11.8 Å². The van der Waals surface area contributed by atoms with E-state index < -0.39 is 5.82 Å². The number of rotatable bonds is 3. The maximum Gasteiger partial charge on any atom is 0.138 e. The second-order valence-electron chi connectivity index (χ2n) is 4.46. The van der Waals surface area contributed by atoms with Gasteiger partial charge in [-0.15, -0.1) is 0 Å². The molecule has 0 radical (unpaired) electrons. The van der Waals surface area contributed by atoms with E-state index in [-0.39, 0.29) is 24.8 Å². The fourth-order valence-corrected chi connectivity index (χ4v) is 1.80. The number of aryl methyl sites for hydroxylation is 1. The Morgan fingerprint density at radius 3 is 2.57 bits per heavy atom. The van der Waals surface area contributed by atoms with Gasteiger partial charge in [-0.1, -0.05) is 17.9 Å². The lowest BCUT2D eigenvalue weighted by Gasteiger charge is -2.10. The molecule has 0 bridgehead atoms. The van der Waals surface area contributed by atoms with E-state index in [4.69, 9.17) is 9.84 Å². The second kappa shape index (κ2) is 6.87. The molecule has 21 heavy (non-hydrogen) atoms. The van der Waals surface area contributed by atoms with Crippen LogP contribution in [0.3, 0.4) is 0 Å². The Morgan fingerprint density at radius 1 is 1.10 bits per heavy atom. The first kappa shape index (κ1) is 15.0. The van der Waals surface area contributed by atoms with Crippen LogP contribution < -0.4 is 4.74 Å². The fourth-order valence-electron chi connectivity index (χ4n) is 1.80. The minimum atomic E-state index is -0.449. The molecule has 0 heterocycles. The number of benzene rings is 2. The monoisotopic (exact) mass is 288 g/mol. The molecule has 0 saturated heterocycles. The van der Waals surface area contributed by atoms with Gasteiger partial charge in [0.25, 0.3) is 0 Å². The topological polar surface area (TPSA) is 29.5 Å². The van der Waals surface area contributed by atoms with Crippen LogP contribution in [0.25, 0.3) is 0 Å². The van der Waals surface area contributed by atoms with E-state index in [0.29, 0.717) is 11.1 Å². The molecule has 2 aromatic rings. The van der Waals surface area contributed by atoms with Gasteiger partial charge in [0.2, 0.25) is 0 Å². The smallest absolute Gasteiger partial charge is 0.138 e. The minimum absolute atomic E-state index is 0.112. The van der Waals surface area contributed by atoms with Gasteiger partial charge in [0.15, 0.2) is 0 Å². The number of hydrogen-bond acceptors (Lipinski definition) is 2. The molecule has 0 amide bonds. The van der Waals surface area contributed by atoms with Gasteiger partial charge >= 0.3 is 0 Å². The number of aliphatic hydroxyl groups excluding tert-OH is 1. The molecule has 0 aliphatic heterocycles. The SMILES string of the molecule is Cc1ccc(F)cc1COc1cc(F)ccc1C#CCO. The standard InChI is InChI=1S/C17H14F2O2/c1-12-4-6-15(18)9-14(12)11-21-17-10-16(19)7-5-13(17)3-2-8-20/h4-7,9-10,20H,8,11H2,1H3. The van der Waals surface area contributed by atoms with E-state index in [9.17, 15) is 8.78 Å². The maximum atomic E-state index is 13.3. The van der Waals surface area contributed by atoms with E-state index in [1.165, 1.54) is 30.3 Å². The molecule has 0 aromatic heterocycles. The van der Waals surface area contributed by atoms with Crippen LogP contribution in [0.2, 0.25) is 0 Å². The third kappa shape index (κ3) is 4.04. The van der Waals surface area contributed by atoms with Crippen molar-refractivity contribution in [1.82, 2.24) is 0 Å². The summed E-state index contributed by atoms with van der Waals surface area (Å²) in [5.74, 6) is 4.64. The Bertz CT molecular complexity index is 700. The molecule has 0 atom stereocenters. The van der Waals surface area contributed by atoms with Crippen molar-refractivity contribution in [3.8, 4) is 17.6 Å². The first-order valence-electron chi connectivity index (χ1n) is 6.37.